The van der Waals surface area contributed by atoms with Gasteiger partial charge in [0.2, 0.25) is 0 Å². The minimum Gasteiger partial charge on any atom is -0.343 e. The van der Waals surface area contributed by atoms with Gasteiger partial charge in [-0.2, -0.15) is 0 Å². The number of hydrogen-bond acceptors (Lipinski definition) is 3. The van der Waals surface area contributed by atoms with Gasteiger partial charge in [-0.1, -0.05) is 64.7 Å². The summed E-state index contributed by atoms with van der Waals surface area (Å²) in [6, 6.07) is 0. The molecule has 0 aromatic carbocycles. The van der Waals surface area contributed by atoms with Gasteiger partial charge in [-0.05, 0) is 19.3 Å². The summed E-state index contributed by atoms with van der Waals surface area (Å²) >= 11 is 0. The molecule has 128 valence electrons. The van der Waals surface area contributed by atoms with Crippen LogP contribution >= 0.6 is 0 Å². The average molecular weight is 308 g/mol. The number of aliphatic imine (C=N–C) groups is 1. The first-order chi connectivity index (χ1) is 10.9. The Balaban J connectivity index is 1.47. The Morgan fingerprint density at radius 3 is 2.14 bits per heavy atom. The van der Waals surface area contributed by atoms with Crippen molar-refractivity contribution in [3.63, 3.8) is 0 Å². The van der Waals surface area contributed by atoms with Crippen molar-refractivity contribution in [3.8, 4) is 0 Å². The quantitative estimate of drug-likeness (QED) is 0.516. The number of hydrogen-bond donors (Lipinski definition) is 0. The Labute approximate surface area is 138 Å². The standard InChI is InChI=1S/C19H37N3/c1-2-3-4-5-6-7-8-9-10-11-15-21-17-13-18-22-16-12-14-20-19(21)22/h2-18H2,1H3. The highest BCUT2D eigenvalue weighted by Crippen LogP contribution is 2.16. The highest BCUT2D eigenvalue weighted by Gasteiger charge is 2.24. The monoisotopic (exact) mass is 307 g/mol. The van der Waals surface area contributed by atoms with Crippen LogP contribution in [-0.2, 0) is 0 Å². The maximum atomic E-state index is 4.77. The van der Waals surface area contributed by atoms with E-state index in [0.29, 0.717) is 0 Å². The Bertz CT molecular complexity index is 314. The van der Waals surface area contributed by atoms with Crippen molar-refractivity contribution in [2.75, 3.05) is 32.7 Å². The third-order valence-electron chi connectivity index (χ3n) is 5.04. The molecule has 0 spiro atoms. The SMILES string of the molecule is CCCCCCCCCCCCN1CCCN2CCCN=C12. The van der Waals surface area contributed by atoms with Crippen LogP contribution in [0.25, 0.3) is 0 Å². The molecule has 2 heterocycles. The summed E-state index contributed by atoms with van der Waals surface area (Å²) in [4.78, 5) is 9.82. The third-order valence-corrected chi connectivity index (χ3v) is 5.04. The highest BCUT2D eigenvalue weighted by molar-refractivity contribution is 5.81. The summed E-state index contributed by atoms with van der Waals surface area (Å²) in [5.41, 5.74) is 0. The zero-order valence-electron chi connectivity index (χ0n) is 14.9. The number of nitrogens with zero attached hydrogens (tertiary/aromatic N) is 3. The van der Waals surface area contributed by atoms with Crippen molar-refractivity contribution in [2.45, 2.75) is 84.0 Å². The zero-order valence-corrected chi connectivity index (χ0v) is 14.9. The maximum absolute atomic E-state index is 4.77. The molecule has 0 aliphatic carbocycles. The van der Waals surface area contributed by atoms with Crippen LogP contribution in [0.4, 0.5) is 0 Å². The van der Waals surface area contributed by atoms with Crippen molar-refractivity contribution in [1.29, 1.82) is 0 Å². The second-order valence-corrected chi connectivity index (χ2v) is 7.04. The largest absolute Gasteiger partial charge is 0.343 e. The lowest BCUT2D eigenvalue weighted by molar-refractivity contribution is 0.241. The number of fused-ring (bicyclic) bond motifs is 1. The number of unbranched alkanes of at least 4 members (excludes halogenated alkanes) is 9. The molecule has 0 unspecified atom stereocenters. The lowest BCUT2D eigenvalue weighted by atomic mass is 10.1. The summed E-state index contributed by atoms with van der Waals surface area (Å²) in [5.74, 6) is 1.31. The van der Waals surface area contributed by atoms with E-state index >= 15 is 0 Å². The zero-order chi connectivity index (χ0) is 15.5. The summed E-state index contributed by atoms with van der Waals surface area (Å²) in [6.07, 6.45) is 16.8. The van der Waals surface area contributed by atoms with E-state index in [1.54, 1.807) is 0 Å². The summed E-state index contributed by atoms with van der Waals surface area (Å²) in [6.45, 7) is 8.25. The van der Waals surface area contributed by atoms with Crippen molar-refractivity contribution in [1.82, 2.24) is 9.80 Å². The van der Waals surface area contributed by atoms with Gasteiger partial charge in [0, 0.05) is 32.7 Å². The molecule has 0 amide bonds. The van der Waals surface area contributed by atoms with Crippen LogP contribution in [0, 0.1) is 0 Å². The molecule has 0 N–H and O–H groups in total. The van der Waals surface area contributed by atoms with Crippen molar-refractivity contribution < 1.29 is 0 Å². The Morgan fingerprint density at radius 2 is 1.41 bits per heavy atom. The predicted molar refractivity (Wildman–Crippen MR) is 96.5 cm³/mol. The molecule has 0 bridgehead atoms. The van der Waals surface area contributed by atoms with E-state index in [4.69, 9.17) is 4.99 Å². The number of rotatable bonds is 11. The van der Waals surface area contributed by atoms with Crippen molar-refractivity contribution in [3.05, 3.63) is 0 Å². The summed E-state index contributed by atoms with van der Waals surface area (Å²) < 4.78 is 0. The third kappa shape index (κ3) is 6.18. The highest BCUT2D eigenvalue weighted by atomic mass is 15.4. The topological polar surface area (TPSA) is 18.8 Å². The molecule has 1 fully saturated rings. The van der Waals surface area contributed by atoms with Crippen LogP contribution in [0.1, 0.15) is 84.0 Å². The minimum atomic E-state index is 1.04. The van der Waals surface area contributed by atoms with Crippen LogP contribution in [0.5, 0.6) is 0 Å². The summed E-state index contributed by atoms with van der Waals surface area (Å²) in [7, 11) is 0. The van der Waals surface area contributed by atoms with E-state index in [2.05, 4.69) is 16.7 Å². The van der Waals surface area contributed by atoms with E-state index in [0.717, 1.165) is 6.54 Å². The molecule has 3 nitrogen and oxygen atoms in total. The van der Waals surface area contributed by atoms with Crippen LogP contribution in [0.3, 0.4) is 0 Å². The molecule has 2 aliphatic heterocycles. The molecule has 2 aliphatic rings. The van der Waals surface area contributed by atoms with Gasteiger partial charge in [0.15, 0.2) is 5.96 Å². The molecular formula is C19H37N3. The molecular weight excluding hydrogens is 270 g/mol. The second-order valence-electron chi connectivity index (χ2n) is 7.04. The fraction of sp³-hybridized carbons (Fsp3) is 0.947. The first-order valence-corrected chi connectivity index (χ1v) is 9.96. The Morgan fingerprint density at radius 1 is 0.773 bits per heavy atom. The lowest BCUT2D eigenvalue weighted by Gasteiger charge is -2.41. The van der Waals surface area contributed by atoms with Gasteiger partial charge < -0.3 is 9.80 Å². The van der Waals surface area contributed by atoms with Gasteiger partial charge in [-0.3, -0.25) is 4.99 Å². The molecule has 22 heavy (non-hydrogen) atoms. The lowest BCUT2D eigenvalue weighted by Crippen LogP contribution is -2.52. The van der Waals surface area contributed by atoms with Gasteiger partial charge in [-0.25, -0.2) is 0 Å². The minimum absolute atomic E-state index is 1.04. The van der Waals surface area contributed by atoms with Crippen LogP contribution in [0.2, 0.25) is 0 Å². The summed E-state index contributed by atoms with van der Waals surface area (Å²) in [5, 5.41) is 0. The molecule has 0 atom stereocenters. The van der Waals surface area contributed by atoms with E-state index < -0.39 is 0 Å². The Kier molecular flexibility index (Phi) is 8.74. The van der Waals surface area contributed by atoms with Gasteiger partial charge in [0.1, 0.15) is 0 Å². The van der Waals surface area contributed by atoms with Gasteiger partial charge in [-0.15, -0.1) is 0 Å². The van der Waals surface area contributed by atoms with Crippen molar-refractivity contribution in [2.24, 2.45) is 4.99 Å². The van der Waals surface area contributed by atoms with E-state index in [-0.39, 0.29) is 0 Å². The van der Waals surface area contributed by atoms with Gasteiger partial charge in [0.25, 0.3) is 0 Å². The van der Waals surface area contributed by atoms with Crippen LogP contribution in [0.15, 0.2) is 4.99 Å². The average Bonchev–Trinajstić information content (AvgIpc) is 2.56. The molecule has 0 saturated carbocycles. The maximum Gasteiger partial charge on any atom is 0.196 e. The molecule has 0 aromatic heterocycles. The number of guanidine groups is 1. The predicted octanol–water partition coefficient (Wildman–Crippen LogP) is 4.67. The smallest absolute Gasteiger partial charge is 0.196 e. The van der Waals surface area contributed by atoms with Crippen LogP contribution in [-0.4, -0.2) is 48.5 Å². The fourth-order valence-corrected chi connectivity index (χ4v) is 3.71. The molecule has 0 radical (unpaired) electrons. The Hall–Kier alpha value is -0.730. The molecule has 2 rings (SSSR count). The molecule has 1 saturated heterocycles. The molecule has 0 aromatic rings. The second kappa shape index (κ2) is 10.9. The van der Waals surface area contributed by atoms with E-state index in [9.17, 15) is 0 Å². The first-order valence-electron chi connectivity index (χ1n) is 9.96. The normalized spacial score (nSPS) is 18.3. The first kappa shape index (κ1) is 17.6. The van der Waals surface area contributed by atoms with Crippen LogP contribution < -0.4 is 0 Å². The van der Waals surface area contributed by atoms with Crippen molar-refractivity contribution >= 4 is 5.96 Å². The van der Waals surface area contributed by atoms with Gasteiger partial charge >= 0.3 is 0 Å². The molecule has 3 heteroatoms. The van der Waals surface area contributed by atoms with Gasteiger partial charge in [0.05, 0.1) is 0 Å². The fourth-order valence-electron chi connectivity index (χ4n) is 3.71. The van der Waals surface area contributed by atoms with E-state index in [1.807, 2.05) is 0 Å². The van der Waals surface area contributed by atoms with E-state index in [1.165, 1.54) is 109 Å².